The van der Waals surface area contributed by atoms with Crippen LogP contribution in [0.25, 0.3) is 11.3 Å². The molecule has 0 radical (unpaired) electrons. The zero-order valence-electron chi connectivity index (χ0n) is 16.3. The first-order valence-electron chi connectivity index (χ1n) is 9.46. The van der Waals surface area contributed by atoms with E-state index in [0.29, 0.717) is 0 Å². The number of β-amino-alcohol motifs (C(OH)–C–C–N with tert-alkyl or cyclic N) is 1. The molecule has 0 bridgehead atoms. The molecular weight excluding hydrogens is 435 g/mol. The third-order valence-electron chi connectivity index (χ3n) is 5.21. The van der Waals surface area contributed by atoms with Gasteiger partial charge in [0.1, 0.15) is 0 Å². The van der Waals surface area contributed by atoms with E-state index in [9.17, 15) is 0 Å². The molecule has 4 rings (SSSR count). The summed E-state index contributed by atoms with van der Waals surface area (Å²) in [4.78, 5) is 20.9. The summed E-state index contributed by atoms with van der Waals surface area (Å²) in [7, 11) is 0. The number of hydrogen-bond donors (Lipinski definition) is 1. The van der Waals surface area contributed by atoms with Crippen molar-refractivity contribution in [3.05, 3.63) is 30.7 Å². The standard InChI is InChI=1S/C19H26N6O.3ClH/c26-14-13-23-9-11-25(12-10-23)19-18(24-7-1-2-8-24)21-15-17(22-19)16-3-5-20-6-4-16;;;/h3-6,15,26H,1-2,7-14H2;3*1H. The summed E-state index contributed by atoms with van der Waals surface area (Å²) in [5.41, 5.74) is 1.93. The van der Waals surface area contributed by atoms with E-state index in [-0.39, 0.29) is 43.8 Å². The normalized spacial score (nSPS) is 16.6. The number of anilines is 2. The zero-order valence-corrected chi connectivity index (χ0v) is 18.8. The summed E-state index contributed by atoms with van der Waals surface area (Å²) in [5.74, 6) is 2.00. The van der Waals surface area contributed by atoms with E-state index in [2.05, 4.69) is 19.7 Å². The molecule has 2 aromatic rings. The van der Waals surface area contributed by atoms with Crippen molar-refractivity contribution in [3.8, 4) is 11.3 Å². The van der Waals surface area contributed by atoms with Crippen LogP contribution in [0.5, 0.6) is 0 Å². The van der Waals surface area contributed by atoms with Gasteiger partial charge in [0, 0.05) is 63.8 Å². The molecule has 4 heterocycles. The minimum Gasteiger partial charge on any atom is -0.395 e. The fourth-order valence-corrected chi connectivity index (χ4v) is 3.72. The average Bonchev–Trinajstić information content (AvgIpc) is 3.24. The first-order valence-corrected chi connectivity index (χ1v) is 9.46. The van der Waals surface area contributed by atoms with Gasteiger partial charge < -0.3 is 14.9 Å². The lowest BCUT2D eigenvalue weighted by atomic mass is 10.2. The summed E-state index contributed by atoms with van der Waals surface area (Å²) in [6.07, 6.45) is 7.90. The average molecular weight is 464 g/mol. The number of aliphatic hydroxyl groups excluding tert-OH is 1. The smallest absolute Gasteiger partial charge is 0.172 e. The molecule has 0 aliphatic carbocycles. The van der Waals surface area contributed by atoms with Crippen LogP contribution in [0, 0.1) is 0 Å². The topological polar surface area (TPSA) is 68.6 Å². The van der Waals surface area contributed by atoms with Gasteiger partial charge in [0.15, 0.2) is 11.6 Å². The van der Waals surface area contributed by atoms with E-state index in [1.54, 1.807) is 12.4 Å². The molecule has 2 aliphatic heterocycles. The lowest BCUT2D eigenvalue weighted by Crippen LogP contribution is -2.48. The van der Waals surface area contributed by atoms with E-state index < -0.39 is 0 Å². The molecule has 2 saturated heterocycles. The first kappa shape index (κ1) is 25.7. The largest absolute Gasteiger partial charge is 0.395 e. The first-order chi connectivity index (χ1) is 12.8. The van der Waals surface area contributed by atoms with Crippen LogP contribution < -0.4 is 9.80 Å². The third-order valence-corrected chi connectivity index (χ3v) is 5.21. The van der Waals surface area contributed by atoms with E-state index in [4.69, 9.17) is 15.1 Å². The molecule has 0 spiro atoms. The van der Waals surface area contributed by atoms with E-state index in [0.717, 1.165) is 68.7 Å². The van der Waals surface area contributed by atoms with Gasteiger partial charge in [0.2, 0.25) is 0 Å². The summed E-state index contributed by atoms with van der Waals surface area (Å²) in [5, 5.41) is 9.16. The van der Waals surface area contributed by atoms with Crippen LogP contribution in [-0.2, 0) is 0 Å². The lowest BCUT2D eigenvalue weighted by Gasteiger charge is -2.36. The molecule has 0 unspecified atom stereocenters. The molecule has 1 N–H and O–H groups in total. The van der Waals surface area contributed by atoms with Crippen molar-refractivity contribution in [1.82, 2.24) is 19.9 Å². The Bertz CT molecular complexity index is 725. The van der Waals surface area contributed by atoms with Crippen molar-refractivity contribution in [2.45, 2.75) is 12.8 Å². The Balaban J connectivity index is 0.00000140. The highest BCUT2D eigenvalue weighted by molar-refractivity contribution is 5.86. The number of aliphatic hydroxyl groups is 1. The molecule has 2 aromatic heterocycles. The maximum absolute atomic E-state index is 9.16. The molecular formula is C19H29Cl3N6O. The summed E-state index contributed by atoms with van der Waals surface area (Å²) in [6.45, 7) is 6.79. The number of nitrogens with zero attached hydrogens (tertiary/aromatic N) is 6. The molecule has 2 aliphatic rings. The fraction of sp³-hybridized carbons (Fsp3) is 0.526. The number of piperazine rings is 1. The summed E-state index contributed by atoms with van der Waals surface area (Å²) < 4.78 is 0. The summed E-state index contributed by atoms with van der Waals surface area (Å²) >= 11 is 0. The van der Waals surface area contributed by atoms with Gasteiger partial charge in [-0.05, 0) is 25.0 Å². The lowest BCUT2D eigenvalue weighted by molar-refractivity contribution is 0.188. The second-order valence-corrected chi connectivity index (χ2v) is 6.88. The van der Waals surface area contributed by atoms with E-state index in [1.807, 2.05) is 18.3 Å². The Kier molecular flexibility index (Phi) is 10.9. The van der Waals surface area contributed by atoms with Gasteiger partial charge in [-0.1, -0.05) is 0 Å². The summed E-state index contributed by atoms with van der Waals surface area (Å²) in [6, 6.07) is 3.95. The van der Waals surface area contributed by atoms with Crippen molar-refractivity contribution in [1.29, 1.82) is 0 Å². The Morgan fingerprint density at radius 2 is 1.45 bits per heavy atom. The Morgan fingerprint density at radius 3 is 2.07 bits per heavy atom. The Hall–Kier alpha value is -1.38. The predicted molar refractivity (Wildman–Crippen MR) is 124 cm³/mol. The molecule has 10 heteroatoms. The quantitative estimate of drug-likeness (QED) is 0.730. The van der Waals surface area contributed by atoms with Gasteiger partial charge in [-0.2, -0.15) is 0 Å². The van der Waals surface area contributed by atoms with Crippen LogP contribution in [0.3, 0.4) is 0 Å². The Labute approximate surface area is 190 Å². The van der Waals surface area contributed by atoms with E-state index >= 15 is 0 Å². The number of hydrogen-bond acceptors (Lipinski definition) is 7. The molecule has 0 atom stereocenters. The molecule has 0 aromatic carbocycles. The Morgan fingerprint density at radius 1 is 0.828 bits per heavy atom. The number of halogens is 3. The highest BCUT2D eigenvalue weighted by Gasteiger charge is 2.25. The second kappa shape index (κ2) is 12.3. The molecule has 7 nitrogen and oxygen atoms in total. The van der Waals surface area contributed by atoms with Crippen molar-refractivity contribution >= 4 is 48.9 Å². The van der Waals surface area contributed by atoms with Crippen molar-refractivity contribution in [2.75, 3.05) is 62.2 Å². The van der Waals surface area contributed by atoms with Crippen LogP contribution in [0.2, 0.25) is 0 Å². The second-order valence-electron chi connectivity index (χ2n) is 6.88. The third kappa shape index (κ3) is 6.06. The van der Waals surface area contributed by atoms with Crippen LogP contribution in [-0.4, -0.2) is 77.4 Å². The minimum absolute atomic E-state index is 0. The number of aromatic nitrogens is 3. The van der Waals surface area contributed by atoms with Crippen molar-refractivity contribution in [2.24, 2.45) is 0 Å². The number of pyridine rings is 1. The van der Waals surface area contributed by atoms with Crippen molar-refractivity contribution in [3.63, 3.8) is 0 Å². The SMILES string of the molecule is Cl.Cl.Cl.OCCN1CCN(c2nc(-c3ccncc3)cnc2N2CCCC2)CC1. The minimum atomic E-state index is 0. The fourth-order valence-electron chi connectivity index (χ4n) is 3.72. The number of rotatable bonds is 5. The maximum atomic E-state index is 9.16. The van der Waals surface area contributed by atoms with Crippen LogP contribution in [0.4, 0.5) is 11.6 Å². The van der Waals surface area contributed by atoms with E-state index in [1.165, 1.54) is 12.8 Å². The highest BCUT2D eigenvalue weighted by Crippen LogP contribution is 2.31. The predicted octanol–water partition coefficient (Wildman–Crippen LogP) is 2.52. The van der Waals surface area contributed by atoms with Gasteiger partial charge in [0.25, 0.3) is 0 Å². The molecule has 0 saturated carbocycles. The van der Waals surface area contributed by atoms with Gasteiger partial charge in [-0.15, -0.1) is 37.2 Å². The molecule has 29 heavy (non-hydrogen) atoms. The van der Waals surface area contributed by atoms with Crippen molar-refractivity contribution < 1.29 is 5.11 Å². The molecule has 162 valence electrons. The van der Waals surface area contributed by atoms with Gasteiger partial charge >= 0.3 is 0 Å². The van der Waals surface area contributed by atoms with Gasteiger partial charge in [-0.3, -0.25) is 9.88 Å². The van der Waals surface area contributed by atoms with Crippen LogP contribution in [0.1, 0.15) is 12.8 Å². The zero-order chi connectivity index (χ0) is 17.8. The molecule has 0 amide bonds. The monoisotopic (exact) mass is 462 g/mol. The van der Waals surface area contributed by atoms with Gasteiger partial charge in [-0.25, -0.2) is 9.97 Å². The molecule has 2 fully saturated rings. The van der Waals surface area contributed by atoms with Crippen LogP contribution >= 0.6 is 37.2 Å². The van der Waals surface area contributed by atoms with Crippen LogP contribution in [0.15, 0.2) is 30.7 Å². The maximum Gasteiger partial charge on any atom is 0.172 e. The van der Waals surface area contributed by atoms with Gasteiger partial charge in [0.05, 0.1) is 18.5 Å². The highest BCUT2D eigenvalue weighted by atomic mass is 35.5.